The number of rotatable bonds is 5. The van der Waals surface area contributed by atoms with E-state index in [0.29, 0.717) is 11.6 Å². The van der Waals surface area contributed by atoms with E-state index < -0.39 is 4.92 Å². The SMILES string of the molecule is CCN1CCC(CNc2ccc(C#N)c([N+](=O)[O-])c2)CC1. The first-order chi connectivity index (χ1) is 10.1. The number of likely N-dealkylation sites (tertiary alicyclic amines) is 1. The van der Waals surface area contributed by atoms with E-state index in [1.807, 2.05) is 6.07 Å². The first-order valence-corrected chi connectivity index (χ1v) is 7.28. The van der Waals surface area contributed by atoms with Crippen molar-refractivity contribution >= 4 is 11.4 Å². The lowest BCUT2D eigenvalue weighted by Gasteiger charge is -2.31. The summed E-state index contributed by atoms with van der Waals surface area (Å²) in [5, 5.41) is 23.1. The number of benzene rings is 1. The van der Waals surface area contributed by atoms with E-state index in [1.165, 1.54) is 12.1 Å². The fourth-order valence-electron chi connectivity index (χ4n) is 2.66. The quantitative estimate of drug-likeness (QED) is 0.665. The summed E-state index contributed by atoms with van der Waals surface area (Å²) in [7, 11) is 0. The van der Waals surface area contributed by atoms with Crippen LogP contribution in [0.4, 0.5) is 11.4 Å². The van der Waals surface area contributed by atoms with E-state index in [4.69, 9.17) is 5.26 Å². The van der Waals surface area contributed by atoms with Crippen LogP contribution in [0.3, 0.4) is 0 Å². The zero-order valence-corrected chi connectivity index (χ0v) is 12.2. The molecule has 0 radical (unpaired) electrons. The topological polar surface area (TPSA) is 82.2 Å². The van der Waals surface area contributed by atoms with Crippen molar-refractivity contribution in [1.82, 2.24) is 4.90 Å². The molecule has 6 heteroatoms. The summed E-state index contributed by atoms with van der Waals surface area (Å²) < 4.78 is 0. The van der Waals surface area contributed by atoms with E-state index in [-0.39, 0.29) is 11.3 Å². The zero-order valence-electron chi connectivity index (χ0n) is 12.2. The highest BCUT2D eigenvalue weighted by Crippen LogP contribution is 2.24. The fourth-order valence-corrected chi connectivity index (χ4v) is 2.66. The minimum atomic E-state index is -0.510. The van der Waals surface area contributed by atoms with Crippen molar-refractivity contribution in [3.8, 4) is 6.07 Å². The maximum absolute atomic E-state index is 10.9. The van der Waals surface area contributed by atoms with Crippen LogP contribution in [0.5, 0.6) is 0 Å². The van der Waals surface area contributed by atoms with Crippen molar-refractivity contribution in [2.75, 3.05) is 31.5 Å². The third kappa shape index (κ3) is 3.92. The number of hydrogen-bond donors (Lipinski definition) is 1. The molecular weight excluding hydrogens is 268 g/mol. The highest BCUT2D eigenvalue weighted by Gasteiger charge is 2.18. The summed E-state index contributed by atoms with van der Waals surface area (Å²) in [4.78, 5) is 12.9. The van der Waals surface area contributed by atoms with Crippen LogP contribution in [0.2, 0.25) is 0 Å². The van der Waals surface area contributed by atoms with Crippen LogP contribution in [-0.2, 0) is 0 Å². The first kappa shape index (κ1) is 15.3. The van der Waals surface area contributed by atoms with Gasteiger partial charge in [0.25, 0.3) is 5.69 Å². The van der Waals surface area contributed by atoms with Gasteiger partial charge in [-0.3, -0.25) is 10.1 Å². The van der Waals surface area contributed by atoms with Gasteiger partial charge in [0.05, 0.1) is 4.92 Å². The largest absolute Gasteiger partial charge is 0.385 e. The standard InChI is InChI=1S/C15H20N4O2/c1-2-18-7-5-12(6-8-18)11-17-14-4-3-13(10-16)15(9-14)19(20)21/h3-4,9,12,17H,2,5-8,11H2,1H3. The van der Waals surface area contributed by atoms with Gasteiger partial charge < -0.3 is 10.2 Å². The Labute approximate surface area is 124 Å². The molecule has 0 spiro atoms. The summed E-state index contributed by atoms with van der Waals surface area (Å²) in [5.74, 6) is 0.600. The van der Waals surface area contributed by atoms with Crippen LogP contribution in [0.15, 0.2) is 18.2 Å². The molecule has 1 aliphatic rings. The van der Waals surface area contributed by atoms with Crippen LogP contribution < -0.4 is 5.32 Å². The lowest BCUT2D eigenvalue weighted by atomic mass is 9.96. The van der Waals surface area contributed by atoms with Crippen LogP contribution in [0.1, 0.15) is 25.3 Å². The maximum atomic E-state index is 10.9. The molecule has 1 fully saturated rings. The van der Waals surface area contributed by atoms with Gasteiger partial charge in [-0.1, -0.05) is 6.92 Å². The second kappa shape index (κ2) is 7.04. The molecular formula is C15H20N4O2. The number of nitrogens with one attached hydrogen (secondary N) is 1. The van der Waals surface area contributed by atoms with Gasteiger partial charge in [0.1, 0.15) is 11.6 Å². The fraction of sp³-hybridized carbons (Fsp3) is 0.533. The molecule has 1 aliphatic heterocycles. The molecule has 1 heterocycles. The van der Waals surface area contributed by atoms with E-state index in [0.717, 1.165) is 39.0 Å². The third-order valence-corrected chi connectivity index (χ3v) is 4.06. The van der Waals surface area contributed by atoms with Crippen molar-refractivity contribution < 1.29 is 4.92 Å². The van der Waals surface area contributed by atoms with Gasteiger partial charge in [-0.2, -0.15) is 5.26 Å². The molecule has 112 valence electrons. The summed E-state index contributed by atoms with van der Waals surface area (Å²) in [6.45, 7) is 6.34. The van der Waals surface area contributed by atoms with Crippen LogP contribution in [0.25, 0.3) is 0 Å². The average molecular weight is 288 g/mol. The van der Waals surface area contributed by atoms with E-state index in [9.17, 15) is 10.1 Å². The second-order valence-corrected chi connectivity index (χ2v) is 5.36. The molecule has 6 nitrogen and oxygen atoms in total. The monoisotopic (exact) mass is 288 g/mol. The number of nitrogens with zero attached hydrogens (tertiary/aromatic N) is 3. The Balaban J connectivity index is 1.94. The zero-order chi connectivity index (χ0) is 15.2. The van der Waals surface area contributed by atoms with Gasteiger partial charge in [-0.05, 0) is 50.5 Å². The van der Waals surface area contributed by atoms with Crippen LogP contribution in [0, 0.1) is 27.4 Å². The Morgan fingerprint density at radius 3 is 2.76 bits per heavy atom. The molecule has 2 rings (SSSR count). The normalized spacial score (nSPS) is 16.4. The van der Waals surface area contributed by atoms with Gasteiger partial charge in [-0.15, -0.1) is 0 Å². The first-order valence-electron chi connectivity index (χ1n) is 7.28. The molecule has 1 aromatic rings. The number of piperidine rings is 1. The Hall–Kier alpha value is -2.13. The maximum Gasteiger partial charge on any atom is 0.289 e. The van der Waals surface area contributed by atoms with Gasteiger partial charge in [-0.25, -0.2) is 0 Å². The molecule has 0 bridgehead atoms. The molecule has 0 saturated carbocycles. The van der Waals surface area contributed by atoms with Crippen molar-refractivity contribution in [2.45, 2.75) is 19.8 Å². The molecule has 0 aromatic heterocycles. The van der Waals surface area contributed by atoms with Gasteiger partial charge in [0, 0.05) is 18.3 Å². The average Bonchev–Trinajstić information content (AvgIpc) is 2.53. The lowest BCUT2D eigenvalue weighted by Crippen LogP contribution is -2.35. The number of hydrogen-bond acceptors (Lipinski definition) is 5. The Morgan fingerprint density at radius 2 is 2.19 bits per heavy atom. The van der Waals surface area contributed by atoms with Crippen LogP contribution in [-0.4, -0.2) is 36.0 Å². The highest BCUT2D eigenvalue weighted by atomic mass is 16.6. The number of nitro benzene ring substituents is 1. The summed E-state index contributed by atoms with van der Waals surface area (Å²) >= 11 is 0. The van der Waals surface area contributed by atoms with Crippen molar-refractivity contribution in [2.24, 2.45) is 5.92 Å². The predicted molar refractivity (Wildman–Crippen MR) is 81.1 cm³/mol. The van der Waals surface area contributed by atoms with Crippen LogP contribution >= 0.6 is 0 Å². The Morgan fingerprint density at radius 1 is 1.48 bits per heavy atom. The third-order valence-electron chi connectivity index (χ3n) is 4.06. The van der Waals surface area contributed by atoms with E-state index in [1.54, 1.807) is 6.07 Å². The number of nitro groups is 1. The minimum Gasteiger partial charge on any atom is -0.385 e. The van der Waals surface area contributed by atoms with Crippen molar-refractivity contribution in [3.63, 3.8) is 0 Å². The Kier molecular flexibility index (Phi) is 5.12. The molecule has 0 amide bonds. The predicted octanol–water partition coefficient (Wildman–Crippen LogP) is 2.61. The summed E-state index contributed by atoms with van der Waals surface area (Å²) in [6.07, 6.45) is 2.30. The summed E-state index contributed by atoms with van der Waals surface area (Å²) in [5.41, 5.74) is 0.670. The molecule has 0 atom stereocenters. The van der Waals surface area contributed by atoms with Gasteiger partial charge in [0.15, 0.2) is 0 Å². The molecule has 1 saturated heterocycles. The highest BCUT2D eigenvalue weighted by molar-refractivity contribution is 5.59. The van der Waals surface area contributed by atoms with E-state index >= 15 is 0 Å². The number of anilines is 1. The molecule has 0 unspecified atom stereocenters. The lowest BCUT2D eigenvalue weighted by molar-refractivity contribution is -0.385. The molecule has 1 aromatic carbocycles. The molecule has 1 N–H and O–H groups in total. The van der Waals surface area contributed by atoms with Crippen molar-refractivity contribution in [1.29, 1.82) is 5.26 Å². The van der Waals surface area contributed by atoms with Gasteiger partial charge >= 0.3 is 0 Å². The molecule has 0 aliphatic carbocycles. The second-order valence-electron chi connectivity index (χ2n) is 5.36. The number of nitriles is 1. The van der Waals surface area contributed by atoms with Gasteiger partial charge in [0.2, 0.25) is 0 Å². The molecule has 21 heavy (non-hydrogen) atoms. The van der Waals surface area contributed by atoms with Crippen molar-refractivity contribution in [3.05, 3.63) is 33.9 Å². The smallest absolute Gasteiger partial charge is 0.289 e. The minimum absolute atomic E-state index is 0.0989. The summed E-state index contributed by atoms with van der Waals surface area (Å²) in [6, 6.07) is 6.52. The van der Waals surface area contributed by atoms with E-state index in [2.05, 4.69) is 17.1 Å². The Bertz CT molecular complexity index is 545.